The van der Waals surface area contributed by atoms with Crippen LogP contribution in [-0.2, 0) is 0 Å². The summed E-state index contributed by atoms with van der Waals surface area (Å²) in [4.78, 5) is 22.2. The molecule has 0 spiro atoms. The van der Waals surface area contributed by atoms with E-state index < -0.39 is 10.8 Å². The Morgan fingerprint density at radius 2 is 2.25 bits per heavy atom. The number of halogens is 2. The normalized spacial score (nSPS) is 11.9. The highest BCUT2D eigenvalue weighted by Gasteiger charge is 2.20. The Balaban J connectivity index is 2.63. The number of nitrogens with one attached hydrogen (secondary N) is 1. The minimum atomic E-state index is -0.585. The maximum absolute atomic E-state index is 12.0. The summed E-state index contributed by atoms with van der Waals surface area (Å²) >= 11 is 9.17. The highest BCUT2D eigenvalue weighted by molar-refractivity contribution is 9.09. The maximum Gasteiger partial charge on any atom is 0.282 e. The first kappa shape index (κ1) is 16.9. The molecule has 0 heterocycles. The molecular formula is C13H16BrClN2O3. The topological polar surface area (TPSA) is 72.2 Å². The number of nitro groups is 1. The van der Waals surface area contributed by atoms with Crippen LogP contribution < -0.4 is 5.32 Å². The van der Waals surface area contributed by atoms with Crippen LogP contribution in [0, 0.1) is 16.0 Å². The predicted octanol–water partition coefficient (Wildman–Crippen LogP) is 3.79. The quantitative estimate of drug-likeness (QED) is 0.347. The summed E-state index contributed by atoms with van der Waals surface area (Å²) in [5.74, 6) is 0.0677. The van der Waals surface area contributed by atoms with E-state index in [0.29, 0.717) is 17.5 Å². The predicted molar refractivity (Wildman–Crippen MR) is 82.6 cm³/mol. The zero-order valence-electron chi connectivity index (χ0n) is 11.1. The summed E-state index contributed by atoms with van der Waals surface area (Å²) in [7, 11) is 0. The Morgan fingerprint density at radius 3 is 2.85 bits per heavy atom. The van der Waals surface area contributed by atoms with Crippen LogP contribution in [0.5, 0.6) is 0 Å². The van der Waals surface area contributed by atoms with Crippen LogP contribution in [0.25, 0.3) is 0 Å². The van der Waals surface area contributed by atoms with Crippen molar-refractivity contribution in [3.63, 3.8) is 0 Å². The zero-order chi connectivity index (χ0) is 15.1. The highest BCUT2D eigenvalue weighted by atomic mass is 79.9. The zero-order valence-corrected chi connectivity index (χ0v) is 13.4. The number of nitrogens with zero attached hydrogens (tertiary/aromatic N) is 1. The third-order valence-electron chi connectivity index (χ3n) is 2.82. The van der Waals surface area contributed by atoms with Gasteiger partial charge in [0.2, 0.25) is 0 Å². The Morgan fingerprint density at radius 1 is 1.55 bits per heavy atom. The van der Waals surface area contributed by atoms with Crippen LogP contribution in [0.3, 0.4) is 0 Å². The van der Waals surface area contributed by atoms with Gasteiger partial charge in [0.1, 0.15) is 5.56 Å². The number of carbonyl (C=O) groups excluding carboxylic acids is 1. The van der Waals surface area contributed by atoms with Crippen LogP contribution in [0.15, 0.2) is 18.2 Å². The van der Waals surface area contributed by atoms with E-state index in [1.165, 1.54) is 18.2 Å². The van der Waals surface area contributed by atoms with Gasteiger partial charge in [0.05, 0.1) is 4.92 Å². The molecule has 1 N–H and O–H groups in total. The lowest BCUT2D eigenvalue weighted by Gasteiger charge is -2.08. The second-order valence-electron chi connectivity index (χ2n) is 4.58. The van der Waals surface area contributed by atoms with E-state index in [9.17, 15) is 14.9 Å². The molecule has 110 valence electrons. The van der Waals surface area contributed by atoms with Crippen LogP contribution in [0.4, 0.5) is 5.69 Å². The first-order chi connectivity index (χ1) is 9.45. The van der Waals surface area contributed by atoms with E-state index in [-0.39, 0.29) is 11.3 Å². The van der Waals surface area contributed by atoms with E-state index in [4.69, 9.17) is 11.6 Å². The van der Waals surface area contributed by atoms with Gasteiger partial charge in [-0.2, -0.15) is 0 Å². The van der Waals surface area contributed by atoms with E-state index in [1.807, 2.05) is 0 Å². The summed E-state index contributed by atoms with van der Waals surface area (Å²) in [6, 6.07) is 3.95. The molecule has 0 saturated carbocycles. The number of alkyl halides is 1. The Kier molecular flexibility index (Phi) is 6.95. The van der Waals surface area contributed by atoms with Gasteiger partial charge in [0.15, 0.2) is 0 Å². The molecule has 0 saturated heterocycles. The molecule has 5 nitrogen and oxygen atoms in total. The van der Waals surface area contributed by atoms with Gasteiger partial charge in [-0.05, 0) is 30.9 Å². The summed E-state index contributed by atoms with van der Waals surface area (Å²) in [6.45, 7) is 2.60. The lowest BCUT2D eigenvalue weighted by atomic mass is 10.1. The van der Waals surface area contributed by atoms with Crippen molar-refractivity contribution >= 4 is 39.1 Å². The van der Waals surface area contributed by atoms with Gasteiger partial charge < -0.3 is 5.32 Å². The minimum absolute atomic E-state index is 0.00367. The first-order valence-corrected chi connectivity index (χ1v) is 7.73. The maximum atomic E-state index is 12.0. The molecule has 1 unspecified atom stereocenters. The molecule has 0 aromatic heterocycles. The fraction of sp³-hybridized carbons (Fsp3) is 0.462. The first-order valence-electron chi connectivity index (χ1n) is 6.23. The van der Waals surface area contributed by atoms with Gasteiger partial charge in [0.25, 0.3) is 11.6 Å². The van der Waals surface area contributed by atoms with Crippen molar-refractivity contribution in [2.24, 2.45) is 5.92 Å². The molecule has 1 rings (SSSR count). The lowest BCUT2D eigenvalue weighted by molar-refractivity contribution is -0.385. The van der Waals surface area contributed by atoms with Crippen molar-refractivity contribution in [1.82, 2.24) is 5.32 Å². The van der Waals surface area contributed by atoms with Gasteiger partial charge in [-0.25, -0.2) is 0 Å². The number of rotatable bonds is 7. The molecule has 1 aromatic carbocycles. The number of hydrogen-bond donors (Lipinski definition) is 1. The number of hydrogen-bond acceptors (Lipinski definition) is 3. The molecular weight excluding hydrogens is 348 g/mol. The van der Waals surface area contributed by atoms with Crippen LogP contribution >= 0.6 is 27.5 Å². The van der Waals surface area contributed by atoms with Crippen molar-refractivity contribution in [3.8, 4) is 0 Å². The minimum Gasteiger partial charge on any atom is -0.352 e. The van der Waals surface area contributed by atoms with Crippen molar-refractivity contribution in [2.45, 2.75) is 19.8 Å². The average Bonchev–Trinajstić information content (AvgIpc) is 2.42. The third kappa shape index (κ3) is 5.09. The Bertz CT molecular complexity index is 497. The van der Waals surface area contributed by atoms with Crippen LogP contribution in [0.2, 0.25) is 5.02 Å². The Hall–Kier alpha value is -1.14. The molecule has 0 aliphatic heterocycles. The second kappa shape index (κ2) is 8.21. The molecule has 7 heteroatoms. The van der Waals surface area contributed by atoms with Crippen molar-refractivity contribution in [1.29, 1.82) is 0 Å². The van der Waals surface area contributed by atoms with Crippen LogP contribution in [-0.4, -0.2) is 22.7 Å². The molecule has 0 fully saturated rings. The number of carbonyl (C=O) groups is 1. The Labute approximate surface area is 131 Å². The van der Waals surface area contributed by atoms with E-state index in [2.05, 4.69) is 28.2 Å². The molecule has 1 atom stereocenters. The largest absolute Gasteiger partial charge is 0.352 e. The molecule has 0 aliphatic rings. The molecule has 0 aliphatic carbocycles. The highest BCUT2D eigenvalue weighted by Crippen LogP contribution is 2.22. The molecule has 0 bridgehead atoms. The molecule has 1 aromatic rings. The fourth-order valence-electron chi connectivity index (χ4n) is 1.67. The number of benzene rings is 1. The summed E-state index contributed by atoms with van der Waals surface area (Å²) in [5, 5.41) is 14.8. The number of nitro benzene ring substituents is 1. The van der Waals surface area contributed by atoms with Gasteiger partial charge in [-0.15, -0.1) is 0 Å². The lowest BCUT2D eigenvalue weighted by Crippen LogP contribution is -2.25. The summed E-state index contributed by atoms with van der Waals surface area (Å²) in [5.41, 5.74) is -0.239. The third-order valence-corrected chi connectivity index (χ3v) is 4.16. The van der Waals surface area contributed by atoms with Crippen LogP contribution in [0.1, 0.15) is 30.1 Å². The van der Waals surface area contributed by atoms with E-state index in [1.54, 1.807) is 0 Å². The van der Waals surface area contributed by atoms with Crippen molar-refractivity contribution in [3.05, 3.63) is 38.9 Å². The fourth-order valence-corrected chi connectivity index (χ4v) is 2.17. The van der Waals surface area contributed by atoms with E-state index in [0.717, 1.165) is 18.2 Å². The molecule has 1 amide bonds. The smallest absolute Gasteiger partial charge is 0.282 e. The summed E-state index contributed by atoms with van der Waals surface area (Å²) < 4.78 is 0. The molecule has 20 heavy (non-hydrogen) atoms. The SMILES string of the molecule is CC(CBr)CCCNC(=O)c1cc(Cl)ccc1[N+](=O)[O-]. The van der Waals surface area contributed by atoms with E-state index >= 15 is 0 Å². The van der Waals surface area contributed by atoms with Gasteiger partial charge >= 0.3 is 0 Å². The second-order valence-corrected chi connectivity index (χ2v) is 5.66. The summed E-state index contributed by atoms with van der Waals surface area (Å²) in [6.07, 6.45) is 1.80. The monoisotopic (exact) mass is 362 g/mol. The number of amides is 1. The van der Waals surface area contributed by atoms with Crippen molar-refractivity contribution < 1.29 is 9.72 Å². The standard InChI is InChI=1S/C13H16BrClN2O3/c1-9(8-14)3-2-6-16-13(18)11-7-10(15)4-5-12(11)17(19)20/h4-5,7,9H,2-3,6,8H2,1H3,(H,16,18). The van der Waals surface area contributed by atoms with Gasteiger partial charge in [0, 0.05) is 23.0 Å². The van der Waals surface area contributed by atoms with Crippen molar-refractivity contribution in [2.75, 3.05) is 11.9 Å². The molecule has 0 radical (unpaired) electrons. The van der Waals surface area contributed by atoms with Gasteiger partial charge in [-0.3, -0.25) is 14.9 Å². The average molecular weight is 364 g/mol. The van der Waals surface area contributed by atoms with Gasteiger partial charge in [-0.1, -0.05) is 34.5 Å².